The SMILES string of the molecule is COc1ccccc1N1CCN([C@@H]2CCCN(CCC(N)=O)C2)CC1. The van der Waals surface area contributed by atoms with Crippen LogP contribution in [0.25, 0.3) is 0 Å². The highest BCUT2D eigenvalue weighted by Gasteiger charge is 2.28. The lowest BCUT2D eigenvalue weighted by Gasteiger charge is -2.44. The van der Waals surface area contributed by atoms with E-state index in [2.05, 4.69) is 26.8 Å². The third-order valence-electron chi connectivity index (χ3n) is 5.41. The highest BCUT2D eigenvalue weighted by atomic mass is 16.5. The van der Waals surface area contributed by atoms with Crippen LogP contribution in [0.1, 0.15) is 19.3 Å². The van der Waals surface area contributed by atoms with E-state index in [9.17, 15) is 4.79 Å². The van der Waals surface area contributed by atoms with E-state index in [1.54, 1.807) is 7.11 Å². The summed E-state index contributed by atoms with van der Waals surface area (Å²) in [4.78, 5) is 18.4. The minimum atomic E-state index is -0.201. The van der Waals surface area contributed by atoms with Crippen molar-refractivity contribution in [2.75, 3.05) is 57.8 Å². The second-order valence-electron chi connectivity index (χ2n) is 7.01. The van der Waals surface area contributed by atoms with E-state index in [-0.39, 0.29) is 5.91 Å². The average molecular weight is 346 g/mol. The minimum Gasteiger partial charge on any atom is -0.495 e. The Morgan fingerprint density at radius 3 is 2.68 bits per heavy atom. The van der Waals surface area contributed by atoms with Crippen molar-refractivity contribution < 1.29 is 9.53 Å². The molecule has 138 valence electrons. The van der Waals surface area contributed by atoms with E-state index in [1.165, 1.54) is 18.5 Å². The monoisotopic (exact) mass is 346 g/mol. The fourth-order valence-electron chi connectivity index (χ4n) is 4.02. The third kappa shape index (κ3) is 4.64. The number of piperidine rings is 1. The molecule has 3 rings (SSSR count). The number of nitrogens with zero attached hydrogens (tertiary/aromatic N) is 3. The fraction of sp³-hybridized carbons (Fsp3) is 0.632. The van der Waals surface area contributed by atoms with Gasteiger partial charge >= 0.3 is 0 Å². The van der Waals surface area contributed by atoms with Crippen LogP contribution in [0.4, 0.5) is 5.69 Å². The second-order valence-corrected chi connectivity index (χ2v) is 7.01. The van der Waals surface area contributed by atoms with Crippen LogP contribution in [0.2, 0.25) is 0 Å². The number of nitrogens with two attached hydrogens (primary N) is 1. The number of carbonyl (C=O) groups is 1. The van der Waals surface area contributed by atoms with Gasteiger partial charge in [-0.15, -0.1) is 0 Å². The molecule has 2 N–H and O–H groups in total. The van der Waals surface area contributed by atoms with Gasteiger partial charge in [-0.3, -0.25) is 9.69 Å². The smallest absolute Gasteiger partial charge is 0.218 e. The first-order valence-electron chi connectivity index (χ1n) is 9.30. The van der Waals surface area contributed by atoms with Crippen molar-refractivity contribution in [2.24, 2.45) is 5.73 Å². The number of methoxy groups -OCH3 is 1. The van der Waals surface area contributed by atoms with Crippen LogP contribution in [-0.2, 0) is 4.79 Å². The Labute approximate surface area is 150 Å². The molecule has 6 nitrogen and oxygen atoms in total. The van der Waals surface area contributed by atoms with Crippen LogP contribution in [0.15, 0.2) is 24.3 Å². The Bertz CT molecular complexity index is 572. The first-order chi connectivity index (χ1) is 12.2. The molecule has 2 heterocycles. The predicted molar refractivity (Wildman–Crippen MR) is 100 cm³/mol. The van der Waals surface area contributed by atoms with Gasteiger partial charge < -0.3 is 20.3 Å². The third-order valence-corrected chi connectivity index (χ3v) is 5.41. The van der Waals surface area contributed by atoms with E-state index in [1.807, 2.05) is 12.1 Å². The lowest BCUT2D eigenvalue weighted by atomic mass is 10.0. The molecule has 0 aromatic heterocycles. The summed E-state index contributed by atoms with van der Waals surface area (Å²) in [6, 6.07) is 8.85. The normalized spacial score (nSPS) is 22.8. The number of piperazine rings is 1. The number of amides is 1. The Morgan fingerprint density at radius 1 is 1.20 bits per heavy atom. The number of ether oxygens (including phenoxy) is 1. The van der Waals surface area contributed by atoms with Crippen LogP contribution >= 0.6 is 0 Å². The maximum absolute atomic E-state index is 11.0. The molecule has 1 atom stereocenters. The van der Waals surface area contributed by atoms with Gasteiger partial charge in [-0.05, 0) is 31.5 Å². The molecule has 2 aliphatic heterocycles. The summed E-state index contributed by atoms with van der Waals surface area (Å²) >= 11 is 0. The Hall–Kier alpha value is -1.79. The molecule has 1 aromatic carbocycles. The Kier molecular flexibility index (Phi) is 6.15. The molecule has 6 heteroatoms. The number of likely N-dealkylation sites (tertiary alicyclic amines) is 1. The summed E-state index contributed by atoms with van der Waals surface area (Å²) in [5.41, 5.74) is 6.48. The number of para-hydroxylation sites is 2. The topological polar surface area (TPSA) is 62.0 Å². The number of anilines is 1. The highest BCUT2D eigenvalue weighted by molar-refractivity contribution is 5.73. The van der Waals surface area contributed by atoms with Crippen LogP contribution < -0.4 is 15.4 Å². The summed E-state index contributed by atoms with van der Waals surface area (Å²) in [7, 11) is 1.73. The molecule has 0 saturated carbocycles. The molecule has 2 aliphatic rings. The zero-order chi connectivity index (χ0) is 17.6. The highest BCUT2D eigenvalue weighted by Crippen LogP contribution is 2.29. The lowest BCUT2D eigenvalue weighted by molar-refractivity contribution is -0.118. The fourth-order valence-corrected chi connectivity index (χ4v) is 4.02. The molecule has 0 bridgehead atoms. The molecule has 2 saturated heterocycles. The summed E-state index contributed by atoms with van der Waals surface area (Å²) in [6.45, 7) is 7.15. The van der Waals surface area contributed by atoms with Crippen molar-refractivity contribution in [1.82, 2.24) is 9.80 Å². The molecule has 0 aliphatic carbocycles. The van der Waals surface area contributed by atoms with E-state index >= 15 is 0 Å². The maximum atomic E-state index is 11.0. The van der Waals surface area contributed by atoms with E-state index in [0.717, 1.165) is 51.6 Å². The molecule has 1 aromatic rings. The zero-order valence-electron chi connectivity index (χ0n) is 15.2. The molecule has 0 radical (unpaired) electrons. The molecule has 2 fully saturated rings. The van der Waals surface area contributed by atoms with E-state index in [4.69, 9.17) is 10.5 Å². The van der Waals surface area contributed by atoms with Gasteiger partial charge in [0.25, 0.3) is 0 Å². The van der Waals surface area contributed by atoms with Crippen molar-refractivity contribution in [3.05, 3.63) is 24.3 Å². The van der Waals surface area contributed by atoms with Crippen molar-refractivity contribution in [3.63, 3.8) is 0 Å². The van der Waals surface area contributed by atoms with Crippen molar-refractivity contribution in [3.8, 4) is 5.75 Å². The second kappa shape index (κ2) is 8.54. The first kappa shape index (κ1) is 18.0. The van der Waals surface area contributed by atoms with Gasteiger partial charge in [0, 0.05) is 51.7 Å². The van der Waals surface area contributed by atoms with Gasteiger partial charge in [-0.25, -0.2) is 0 Å². The molecule has 0 unspecified atom stereocenters. The molecular formula is C19H30N4O2. The molecular weight excluding hydrogens is 316 g/mol. The summed E-state index contributed by atoms with van der Waals surface area (Å²) in [5, 5.41) is 0. The summed E-state index contributed by atoms with van der Waals surface area (Å²) < 4.78 is 5.50. The van der Waals surface area contributed by atoms with Gasteiger partial charge in [0.05, 0.1) is 12.8 Å². The first-order valence-corrected chi connectivity index (χ1v) is 9.30. The average Bonchev–Trinajstić information content (AvgIpc) is 2.66. The maximum Gasteiger partial charge on any atom is 0.218 e. The summed E-state index contributed by atoms with van der Waals surface area (Å²) in [6.07, 6.45) is 2.92. The number of primary amides is 1. The molecule has 25 heavy (non-hydrogen) atoms. The van der Waals surface area contributed by atoms with Crippen LogP contribution in [0.5, 0.6) is 5.75 Å². The zero-order valence-corrected chi connectivity index (χ0v) is 15.2. The van der Waals surface area contributed by atoms with E-state index < -0.39 is 0 Å². The van der Waals surface area contributed by atoms with Gasteiger partial charge in [0.2, 0.25) is 5.91 Å². The lowest BCUT2D eigenvalue weighted by Crippen LogP contribution is -2.55. The minimum absolute atomic E-state index is 0.201. The largest absolute Gasteiger partial charge is 0.495 e. The number of hydrogen-bond acceptors (Lipinski definition) is 5. The van der Waals surface area contributed by atoms with Crippen molar-refractivity contribution in [1.29, 1.82) is 0 Å². The van der Waals surface area contributed by atoms with Crippen molar-refractivity contribution >= 4 is 11.6 Å². The number of hydrogen-bond donors (Lipinski definition) is 1. The van der Waals surface area contributed by atoms with Gasteiger partial charge in [0.15, 0.2) is 0 Å². The number of rotatable bonds is 6. The van der Waals surface area contributed by atoms with E-state index in [0.29, 0.717) is 12.5 Å². The van der Waals surface area contributed by atoms with Gasteiger partial charge in [-0.1, -0.05) is 12.1 Å². The standard InChI is InChI=1S/C19H30N4O2/c1-25-18-7-3-2-6-17(18)23-13-11-22(12-14-23)16-5-4-9-21(15-16)10-8-19(20)24/h2-3,6-7,16H,4-5,8-15H2,1H3,(H2,20,24)/t16-/m1/s1. The van der Waals surface area contributed by atoms with Crippen LogP contribution in [0, 0.1) is 0 Å². The molecule has 1 amide bonds. The number of carbonyl (C=O) groups excluding carboxylic acids is 1. The Balaban J connectivity index is 1.52. The van der Waals surface area contributed by atoms with Gasteiger partial charge in [-0.2, -0.15) is 0 Å². The Morgan fingerprint density at radius 2 is 1.96 bits per heavy atom. The number of benzene rings is 1. The van der Waals surface area contributed by atoms with Crippen LogP contribution in [0.3, 0.4) is 0 Å². The molecule has 0 spiro atoms. The quantitative estimate of drug-likeness (QED) is 0.837. The predicted octanol–water partition coefficient (Wildman–Crippen LogP) is 1.16. The summed E-state index contributed by atoms with van der Waals surface area (Å²) in [5.74, 6) is 0.749. The van der Waals surface area contributed by atoms with Crippen molar-refractivity contribution in [2.45, 2.75) is 25.3 Å². The van der Waals surface area contributed by atoms with Gasteiger partial charge in [0.1, 0.15) is 5.75 Å². The van der Waals surface area contributed by atoms with Crippen LogP contribution in [-0.4, -0.2) is 74.7 Å².